The van der Waals surface area contributed by atoms with Crippen LogP contribution in [0.25, 0.3) is 11.4 Å². The number of sulfonamides is 1. The van der Waals surface area contributed by atoms with Crippen LogP contribution in [0.5, 0.6) is 0 Å². The molecule has 2 aromatic heterocycles. The second-order valence-electron chi connectivity index (χ2n) is 7.71. The Balaban J connectivity index is 1.40. The van der Waals surface area contributed by atoms with E-state index >= 15 is 0 Å². The third-order valence-corrected chi connectivity index (χ3v) is 8.99. The molecule has 0 bridgehead atoms. The smallest absolute Gasteiger partial charge is 0.252 e. The number of carbonyl (C=O) groups excluding carboxylic acids is 1. The second kappa shape index (κ2) is 8.53. The third kappa shape index (κ3) is 4.39. The Morgan fingerprint density at radius 3 is 2.45 bits per heavy atom. The summed E-state index contributed by atoms with van der Waals surface area (Å²) in [5.41, 5.74) is 0.636. The van der Waals surface area contributed by atoms with Gasteiger partial charge in [-0.05, 0) is 31.7 Å². The van der Waals surface area contributed by atoms with Crippen molar-refractivity contribution in [3.8, 4) is 11.4 Å². The summed E-state index contributed by atoms with van der Waals surface area (Å²) in [5, 5.41) is 5.57. The zero-order valence-electron chi connectivity index (χ0n) is 16.5. The number of hydrogen-bond acceptors (Lipinski definition) is 7. The van der Waals surface area contributed by atoms with Crippen molar-refractivity contribution in [3.05, 3.63) is 17.3 Å². The van der Waals surface area contributed by atoms with Crippen LogP contribution in [-0.4, -0.2) is 59.8 Å². The normalized spacial score (nSPS) is 20.0. The molecule has 4 rings (SSSR count). The maximum Gasteiger partial charge on any atom is 0.252 e. The Labute approximate surface area is 174 Å². The molecule has 0 atom stereocenters. The molecule has 0 N–H and O–H groups in total. The fourth-order valence-electron chi connectivity index (χ4n) is 4.01. The van der Waals surface area contributed by atoms with Crippen molar-refractivity contribution >= 4 is 27.3 Å². The number of nitrogens with zero attached hydrogens (tertiary/aromatic N) is 4. The third-order valence-electron chi connectivity index (χ3n) is 5.68. The predicted octanol–water partition coefficient (Wildman–Crippen LogP) is 2.91. The average Bonchev–Trinajstić information content (AvgIpc) is 3.30. The minimum Gasteiger partial charge on any atom is -0.342 e. The second-order valence-corrected chi connectivity index (χ2v) is 10.8. The first kappa shape index (κ1) is 20.5. The van der Waals surface area contributed by atoms with Gasteiger partial charge in [-0.2, -0.15) is 9.29 Å². The molecule has 2 aliphatic heterocycles. The van der Waals surface area contributed by atoms with Crippen molar-refractivity contribution in [1.82, 2.24) is 19.3 Å². The summed E-state index contributed by atoms with van der Waals surface area (Å²) < 4.78 is 32.8. The van der Waals surface area contributed by atoms with Gasteiger partial charge in [-0.15, -0.1) is 11.3 Å². The van der Waals surface area contributed by atoms with E-state index in [-0.39, 0.29) is 16.0 Å². The molecular formula is C19H26N4O4S2. The van der Waals surface area contributed by atoms with Crippen LogP contribution in [-0.2, 0) is 14.8 Å². The van der Waals surface area contributed by atoms with Gasteiger partial charge in [0, 0.05) is 50.0 Å². The van der Waals surface area contributed by atoms with E-state index in [4.69, 9.17) is 4.52 Å². The Kier molecular flexibility index (Phi) is 6.03. The molecule has 0 radical (unpaired) electrons. The van der Waals surface area contributed by atoms with Gasteiger partial charge in [-0.1, -0.05) is 18.0 Å². The largest absolute Gasteiger partial charge is 0.342 e. The monoisotopic (exact) mass is 438 g/mol. The number of piperidine rings is 1. The van der Waals surface area contributed by atoms with E-state index in [1.54, 1.807) is 18.4 Å². The summed E-state index contributed by atoms with van der Waals surface area (Å²) >= 11 is 1.16. The van der Waals surface area contributed by atoms with Gasteiger partial charge < -0.3 is 9.42 Å². The van der Waals surface area contributed by atoms with Gasteiger partial charge in [-0.3, -0.25) is 4.79 Å². The first-order valence-electron chi connectivity index (χ1n) is 10.1. The number of thiophene rings is 1. The Morgan fingerprint density at radius 2 is 1.83 bits per heavy atom. The quantitative estimate of drug-likeness (QED) is 0.728. The number of aromatic nitrogens is 2. The number of likely N-dealkylation sites (tertiary alicyclic amines) is 1. The zero-order valence-corrected chi connectivity index (χ0v) is 18.2. The molecule has 158 valence electrons. The maximum atomic E-state index is 13.0. The molecule has 0 aliphatic carbocycles. The van der Waals surface area contributed by atoms with Gasteiger partial charge in [-0.25, -0.2) is 8.42 Å². The van der Waals surface area contributed by atoms with Crippen LogP contribution in [0, 0.1) is 12.8 Å². The molecule has 0 unspecified atom stereocenters. The number of amides is 1. The lowest BCUT2D eigenvalue weighted by atomic mass is 9.96. The molecule has 2 saturated heterocycles. The van der Waals surface area contributed by atoms with Crippen LogP contribution in [0.1, 0.15) is 44.4 Å². The number of rotatable bonds is 4. The molecule has 2 aromatic rings. The SMILES string of the molecule is Cc1nc(-c2csc(S(=O)(=O)N3CCC(C(=O)N4CCCCCC4)CC3)c2)no1. The molecule has 2 fully saturated rings. The molecular weight excluding hydrogens is 412 g/mol. The van der Waals surface area contributed by atoms with E-state index in [1.807, 2.05) is 4.90 Å². The van der Waals surface area contributed by atoms with Gasteiger partial charge in [0.2, 0.25) is 17.6 Å². The van der Waals surface area contributed by atoms with Crippen LogP contribution < -0.4 is 0 Å². The molecule has 10 heteroatoms. The van der Waals surface area contributed by atoms with Crippen molar-refractivity contribution in [2.24, 2.45) is 5.92 Å². The lowest BCUT2D eigenvalue weighted by molar-refractivity contribution is -0.136. The van der Waals surface area contributed by atoms with Crippen molar-refractivity contribution in [2.45, 2.75) is 49.7 Å². The summed E-state index contributed by atoms with van der Waals surface area (Å²) in [4.78, 5) is 19.0. The molecule has 2 aliphatic rings. The predicted molar refractivity (Wildman–Crippen MR) is 109 cm³/mol. The average molecular weight is 439 g/mol. The van der Waals surface area contributed by atoms with E-state index in [0.29, 0.717) is 43.2 Å². The van der Waals surface area contributed by atoms with E-state index in [1.165, 1.54) is 17.1 Å². The van der Waals surface area contributed by atoms with Crippen molar-refractivity contribution < 1.29 is 17.7 Å². The van der Waals surface area contributed by atoms with Crippen molar-refractivity contribution in [3.63, 3.8) is 0 Å². The fourth-order valence-corrected chi connectivity index (χ4v) is 6.79. The molecule has 8 nitrogen and oxygen atoms in total. The Hall–Kier alpha value is -1.78. The van der Waals surface area contributed by atoms with E-state index in [2.05, 4.69) is 10.1 Å². The van der Waals surface area contributed by atoms with E-state index < -0.39 is 10.0 Å². The van der Waals surface area contributed by atoms with Crippen molar-refractivity contribution in [2.75, 3.05) is 26.2 Å². The summed E-state index contributed by atoms with van der Waals surface area (Å²) in [6.07, 6.45) is 5.67. The number of aryl methyl sites for hydroxylation is 1. The van der Waals surface area contributed by atoms with Gasteiger partial charge >= 0.3 is 0 Å². The van der Waals surface area contributed by atoms with Gasteiger partial charge in [0.25, 0.3) is 10.0 Å². The minimum atomic E-state index is -3.58. The molecule has 0 saturated carbocycles. The highest BCUT2D eigenvalue weighted by atomic mass is 32.2. The first-order chi connectivity index (χ1) is 13.9. The maximum absolute atomic E-state index is 13.0. The zero-order chi connectivity index (χ0) is 20.4. The van der Waals surface area contributed by atoms with E-state index in [9.17, 15) is 13.2 Å². The Bertz CT molecular complexity index is 953. The molecule has 4 heterocycles. The highest BCUT2D eigenvalue weighted by Gasteiger charge is 2.34. The summed E-state index contributed by atoms with van der Waals surface area (Å²) in [7, 11) is -3.58. The fraction of sp³-hybridized carbons (Fsp3) is 0.632. The standard InChI is InChI=1S/C19H26N4O4S2/c1-14-20-18(21-27-14)16-12-17(28-13-16)29(25,26)23-10-6-15(7-11-23)19(24)22-8-4-2-3-5-9-22/h12-13,15H,2-11H2,1H3. The highest BCUT2D eigenvalue weighted by molar-refractivity contribution is 7.91. The van der Waals surface area contributed by atoms with Crippen LogP contribution in [0.2, 0.25) is 0 Å². The lowest BCUT2D eigenvalue weighted by Gasteiger charge is -2.33. The number of hydrogen-bond donors (Lipinski definition) is 0. The molecule has 0 spiro atoms. The topological polar surface area (TPSA) is 96.6 Å². The first-order valence-corrected chi connectivity index (χ1v) is 12.5. The van der Waals surface area contributed by atoms with Crippen molar-refractivity contribution in [1.29, 1.82) is 0 Å². The van der Waals surface area contributed by atoms with Crippen LogP contribution in [0.15, 0.2) is 20.2 Å². The van der Waals surface area contributed by atoms with Crippen LogP contribution in [0.4, 0.5) is 0 Å². The lowest BCUT2D eigenvalue weighted by Crippen LogP contribution is -2.44. The highest BCUT2D eigenvalue weighted by Crippen LogP contribution is 2.31. The molecule has 0 aromatic carbocycles. The summed E-state index contributed by atoms with van der Waals surface area (Å²) in [6.45, 7) is 4.12. The van der Waals surface area contributed by atoms with Crippen LogP contribution in [0.3, 0.4) is 0 Å². The minimum absolute atomic E-state index is 0.0687. The molecule has 1 amide bonds. The summed E-state index contributed by atoms with van der Waals surface area (Å²) in [5.74, 6) is 0.962. The van der Waals surface area contributed by atoms with Gasteiger partial charge in [0.05, 0.1) is 0 Å². The van der Waals surface area contributed by atoms with Gasteiger partial charge in [0.15, 0.2) is 0 Å². The summed E-state index contributed by atoms with van der Waals surface area (Å²) in [6, 6.07) is 1.60. The number of carbonyl (C=O) groups is 1. The van der Waals surface area contributed by atoms with Crippen LogP contribution >= 0.6 is 11.3 Å². The Morgan fingerprint density at radius 1 is 1.14 bits per heavy atom. The van der Waals surface area contributed by atoms with Gasteiger partial charge in [0.1, 0.15) is 4.21 Å². The molecule has 29 heavy (non-hydrogen) atoms. The van der Waals surface area contributed by atoms with E-state index in [0.717, 1.165) is 37.3 Å².